The molecular formula is C12H14ClN3O4S. The second-order valence-electron chi connectivity index (χ2n) is 4.60. The van der Waals surface area contributed by atoms with Gasteiger partial charge in [-0.15, -0.1) is 0 Å². The van der Waals surface area contributed by atoms with Crippen LogP contribution >= 0.6 is 10.7 Å². The number of hydrogen-bond acceptors (Lipinski definition) is 6. The minimum absolute atomic E-state index is 0.0585. The molecule has 9 heteroatoms. The van der Waals surface area contributed by atoms with Gasteiger partial charge in [-0.25, -0.2) is 23.2 Å². The van der Waals surface area contributed by atoms with E-state index in [1.54, 1.807) is 20.8 Å². The smallest absolute Gasteiger partial charge is 0.357 e. The minimum atomic E-state index is -3.99. The second-order valence-corrected chi connectivity index (χ2v) is 7.08. The van der Waals surface area contributed by atoms with Crippen molar-refractivity contribution in [3.05, 3.63) is 23.7 Å². The number of carbonyl (C=O) groups excluding carboxylic acids is 1. The summed E-state index contributed by atoms with van der Waals surface area (Å²) in [5.41, 5.74) is 0.363. The third-order valence-corrected chi connectivity index (χ3v) is 4.04. The van der Waals surface area contributed by atoms with E-state index in [4.69, 9.17) is 15.4 Å². The zero-order chi connectivity index (χ0) is 15.8. The Morgan fingerprint density at radius 2 is 2.10 bits per heavy atom. The first kappa shape index (κ1) is 15.7. The monoisotopic (exact) mass is 331 g/mol. The predicted molar refractivity (Wildman–Crippen MR) is 76.1 cm³/mol. The summed E-state index contributed by atoms with van der Waals surface area (Å²) < 4.78 is 29.6. The van der Waals surface area contributed by atoms with Gasteiger partial charge < -0.3 is 4.74 Å². The van der Waals surface area contributed by atoms with E-state index < -0.39 is 15.0 Å². The van der Waals surface area contributed by atoms with Gasteiger partial charge in [0.25, 0.3) is 9.05 Å². The van der Waals surface area contributed by atoms with Crippen molar-refractivity contribution in [3.8, 4) is 0 Å². The van der Waals surface area contributed by atoms with Gasteiger partial charge in [0.15, 0.2) is 10.7 Å². The standard InChI is InChI=1S/C12H14ClN3O4S/c1-4-20-11(17)8-5-6-16-10(21(13,18)19)9(7(2)3)15-12(16)14-8/h5-7H,4H2,1-3H3. The Bertz CT molecular complexity index is 798. The quantitative estimate of drug-likeness (QED) is 0.628. The Balaban J connectivity index is 2.69. The van der Waals surface area contributed by atoms with Crippen LogP contribution in [-0.4, -0.2) is 35.4 Å². The summed E-state index contributed by atoms with van der Waals surface area (Å²) in [6, 6.07) is 1.36. The van der Waals surface area contributed by atoms with Crippen molar-refractivity contribution >= 4 is 31.5 Å². The van der Waals surface area contributed by atoms with Crippen molar-refractivity contribution in [2.75, 3.05) is 6.61 Å². The molecule has 0 aliphatic carbocycles. The summed E-state index contributed by atoms with van der Waals surface area (Å²) in [6.07, 6.45) is 1.39. The second kappa shape index (κ2) is 5.61. The molecule has 0 saturated carbocycles. The van der Waals surface area contributed by atoms with E-state index in [0.717, 1.165) is 0 Å². The van der Waals surface area contributed by atoms with Crippen molar-refractivity contribution in [2.45, 2.75) is 31.7 Å². The average molecular weight is 332 g/mol. The van der Waals surface area contributed by atoms with Crippen LogP contribution in [0.4, 0.5) is 0 Å². The van der Waals surface area contributed by atoms with Crippen molar-refractivity contribution < 1.29 is 17.9 Å². The van der Waals surface area contributed by atoms with Crippen LogP contribution in [0.5, 0.6) is 0 Å². The van der Waals surface area contributed by atoms with Crippen LogP contribution in [0, 0.1) is 0 Å². The first-order chi connectivity index (χ1) is 9.75. The first-order valence-corrected chi connectivity index (χ1v) is 8.57. The molecule has 0 atom stereocenters. The van der Waals surface area contributed by atoms with Crippen LogP contribution in [0.2, 0.25) is 0 Å². The molecule has 0 aromatic carbocycles. The van der Waals surface area contributed by atoms with Crippen LogP contribution < -0.4 is 0 Å². The summed E-state index contributed by atoms with van der Waals surface area (Å²) in [5, 5.41) is -0.128. The fourth-order valence-corrected chi connectivity index (χ4v) is 3.23. The highest BCUT2D eigenvalue weighted by atomic mass is 35.7. The maximum Gasteiger partial charge on any atom is 0.357 e. The highest BCUT2D eigenvalue weighted by Gasteiger charge is 2.26. The molecule has 7 nitrogen and oxygen atoms in total. The van der Waals surface area contributed by atoms with Crippen LogP contribution in [-0.2, 0) is 13.8 Å². The molecule has 2 rings (SSSR count). The van der Waals surface area contributed by atoms with E-state index in [9.17, 15) is 13.2 Å². The molecule has 21 heavy (non-hydrogen) atoms. The number of aromatic nitrogens is 3. The summed E-state index contributed by atoms with van der Waals surface area (Å²) in [4.78, 5) is 19.8. The van der Waals surface area contributed by atoms with Crippen LogP contribution in [0.15, 0.2) is 17.3 Å². The first-order valence-electron chi connectivity index (χ1n) is 6.26. The molecule has 0 N–H and O–H groups in total. The van der Waals surface area contributed by atoms with Crippen LogP contribution in [0.25, 0.3) is 5.78 Å². The lowest BCUT2D eigenvalue weighted by atomic mass is 10.2. The third kappa shape index (κ3) is 3.01. The molecule has 0 bridgehead atoms. The maximum absolute atomic E-state index is 11.7. The fraction of sp³-hybridized carbons (Fsp3) is 0.417. The number of carbonyl (C=O) groups is 1. The van der Waals surface area contributed by atoms with E-state index in [-0.39, 0.29) is 29.0 Å². The maximum atomic E-state index is 11.7. The Kier molecular flexibility index (Phi) is 4.20. The third-order valence-electron chi connectivity index (χ3n) is 2.74. The molecule has 0 fully saturated rings. The highest BCUT2D eigenvalue weighted by molar-refractivity contribution is 8.13. The lowest BCUT2D eigenvalue weighted by molar-refractivity contribution is 0.0519. The van der Waals surface area contributed by atoms with Crippen LogP contribution in [0.1, 0.15) is 42.9 Å². The molecule has 0 spiro atoms. The number of hydrogen-bond donors (Lipinski definition) is 0. The Morgan fingerprint density at radius 3 is 2.62 bits per heavy atom. The zero-order valence-electron chi connectivity index (χ0n) is 11.7. The van der Waals surface area contributed by atoms with Gasteiger partial charge in [-0.2, -0.15) is 0 Å². The van der Waals surface area contributed by atoms with Gasteiger partial charge in [-0.1, -0.05) is 13.8 Å². The number of ether oxygens (including phenoxy) is 1. The average Bonchev–Trinajstić information content (AvgIpc) is 2.77. The van der Waals surface area contributed by atoms with Gasteiger partial charge in [0, 0.05) is 16.9 Å². The van der Waals surface area contributed by atoms with E-state index in [1.807, 2.05) is 0 Å². The molecule has 114 valence electrons. The summed E-state index contributed by atoms with van der Waals surface area (Å²) in [5.74, 6) is -0.672. The Hall–Kier alpha value is -1.67. The van der Waals surface area contributed by atoms with Gasteiger partial charge in [0.05, 0.1) is 12.3 Å². The van der Waals surface area contributed by atoms with Gasteiger partial charge in [0.1, 0.15) is 0 Å². The molecule has 0 saturated heterocycles. The molecule has 2 aromatic heterocycles. The molecule has 2 aromatic rings. The molecule has 0 aliphatic heterocycles. The van der Waals surface area contributed by atoms with Gasteiger partial charge in [0.2, 0.25) is 5.78 Å². The summed E-state index contributed by atoms with van der Waals surface area (Å²) in [7, 11) is 1.48. The molecule has 0 unspecified atom stereocenters. The number of rotatable bonds is 4. The van der Waals surface area contributed by atoms with E-state index >= 15 is 0 Å². The number of halogens is 1. The number of imidazole rings is 1. The Morgan fingerprint density at radius 1 is 1.43 bits per heavy atom. The van der Waals surface area contributed by atoms with Gasteiger partial charge in [-0.05, 0) is 18.9 Å². The number of fused-ring (bicyclic) bond motifs is 1. The van der Waals surface area contributed by atoms with E-state index in [2.05, 4.69) is 9.97 Å². The SMILES string of the molecule is CCOC(=O)c1ccn2c(S(=O)(=O)Cl)c(C(C)C)nc2n1. The Labute approximate surface area is 126 Å². The fourth-order valence-electron chi connectivity index (χ4n) is 1.86. The predicted octanol–water partition coefficient (Wildman–Crippen LogP) is 1.96. The van der Waals surface area contributed by atoms with Crippen LogP contribution in [0.3, 0.4) is 0 Å². The number of esters is 1. The number of nitrogens with zero attached hydrogens (tertiary/aromatic N) is 3. The summed E-state index contributed by atoms with van der Waals surface area (Å²) >= 11 is 0. The molecular weight excluding hydrogens is 318 g/mol. The van der Waals surface area contributed by atoms with E-state index in [1.165, 1.54) is 16.7 Å². The van der Waals surface area contributed by atoms with Crippen molar-refractivity contribution in [3.63, 3.8) is 0 Å². The lowest BCUT2D eigenvalue weighted by Crippen LogP contribution is -2.09. The van der Waals surface area contributed by atoms with Crippen molar-refractivity contribution in [2.24, 2.45) is 0 Å². The molecule has 0 radical (unpaired) electrons. The largest absolute Gasteiger partial charge is 0.461 e. The molecule has 0 amide bonds. The van der Waals surface area contributed by atoms with Crippen molar-refractivity contribution in [1.29, 1.82) is 0 Å². The molecule has 2 heterocycles. The zero-order valence-corrected chi connectivity index (χ0v) is 13.3. The topological polar surface area (TPSA) is 90.6 Å². The normalized spacial score (nSPS) is 12.0. The van der Waals surface area contributed by atoms with Crippen molar-refractivity contribution in [1.82, 2.24) is 14.4 Å². The molecule has 0 aliphatic rings. The van der Waals surface area contributed by atoms with E-state index in [0.29, 0.717) is 5.69 Å². The highest BCUT2D eigenvalue weighted by Crippen LogP contribution is 2.26. The van der Waals surface area contributed by atoms with Gasteiger partial charge in [-0.3, -0.25) is 4.40 Å². The lowest BCUT2D eigenvalue weighted by Gasteiger charge is -2.03. The summed E-state index contributed by atoms with van der Waals surface area (Å²) in [6.45, 7) is 5.48. The van der Waals surface area contributed by atoms with Gasteiger partial charge >= 0.3 is 5.97 Å². The minimum Gasteiger partial charge on any atom is -0.461 e.